The summed E-state index contributed by atoms with van der Waals surface area (Å²) in [5.74, 6) is 0. The number of nitrogens with two attached hydrogens (primary N) is 3. The van der Waals surface area contributed by atoms with Crippen molar-refractivity contribution >= 4 is 28.4 Å². The first kappa shape index (κ1) is 10.2. The molecule has 0 saturated heterocycles. The molecule has 2 rings (SSSR count). The summed E-state index contributed by atoms with van der Waals surface area (Å²) in [6.07, 6.45) is 0. The van der Waals surface area contributed by atoms with Gasteiger partial charge < -0.3 is 22.5 Å². The van der Waals surface area contributed by atoms with Crippen molar-refractivity contribution in [2.75, 3.05) is 22.5 Å². The van der Waals surface area contributed by atoms with Gasteiger partial charge in [0, 0.05) is 0 Å². The lowest BCUT2D eigenvalue weighted by Gasteiger charge is -2.12. The fourth-order valence-corrected chi connectivity index (χ4v) is 1.45. The van der Waals surface area contributed by atoms with Crippen molar-refractivity contribution in [3.05, 3.63) is 42.5 Å². The number of hydrogen-bond acceptors (Lipinski definition) is 4. The van der Waals surface area contributed by atoms with Crippen LogP contribution in [0.4, 0.5) is 28.4 Å². The van der Waals surface area contributed by atoms with E-state index in [4.69, 9.17) is 17.2 Å². The minimum absolute atomic E-state index is 0.533. The Balaban J connectivity index is 2.35. The van der Waals surface area contributed by atoms with Gasteiger partial charge in [0.15, 0.2) is 0 Å². The topological polar surface area (TPSA) is 90.1 Å². The second-order valence-electron chi connectivity index (χ2n) is 3.52. The van der Waals surface area contributed by atoms with Crippen LogP contribution in [-0.4, -0.2) is 0 Å². The zero-order valence-corrected chi connectivity index (χ0v) is 8.77. The predicted molar refractivity (Wildman–Crippen MR) is 69.4 cm³/mol. The van der Waals surface area contributed by atoms with E-state index in [2.05, 4.69) is 5.32 Å². The molecule has 0 radical (unpaired) electrons. The number of nitrogens with one attached hydrogen (secondary N) is 1. The second-order valence-corrected chi connectivity index (χ2v) is 3.52. The maximum absolute atomic E-state index is 5.85. The number of hydrogen-bond donors (Lipinski definition) is 4. The van der Waals surface area contributed by atoms with Crippen LogP contribution in [0.2, 0.25) is 0 Å². The van der Waals surface area contributed by atoms with E-state index in [1.807, 2.05) is 36.4 Å². The lowest BCUT2D eigenvalue weighted by molar-refractivity contribution is 1.54. The first-order valence-corrected chi connectivity index (χ1v) is 4.94. The summed E-state index contributed by atoms with van der Waals surface area (Å²) in [4.78, 5) is 0. The molecule has 7 N–H and O–H groups in total. The quantitative estimate of drug-likeness (QED) is 0.577. The molecule has 0 aliphatic rings. The summed E-state index contributed by atoms with van der Waals surface area (Å²) in [5.41, 5.74) is 20.7. The van der Waals surface area contributed by atoms with Crippen molar-refractivity contribution in [1.29, 1.82) is 0 Å². The highest BCUT2D eigenvalue weighted by molar-refractivity contribution is 5.84. The molecule has 2 aromatic rings. The van der Waals surface area contributed by atoms with E-state index in [9.17, 15) is 0 Å². The molecule has 0 unspecified atom stereocenters. The minimum Gasteiger partial charge on any atom is -0.397 e. The van der Waals surface area contributed by atoms with Gasteiger partial charge in [-0.25, -0.2) is 0 Å². The number of nitrogen functional groups attached to an aromatic ring is 3. The van der Waals surface area contributed by atoms with Crippen molar-refractivity contribution in [2.45, 2.75) is 0 Å². The van der Waals surface area contributed by atoms with Gasteiger partial charge >= 0.3 is 0 Å². The maximum Gasteiger partial charge on any atom is 0.0786 e. The van der Waals surface area contributed by atoms with Crippen LogP contribution in [0.5, 0.6) is 0 Å². The molecule has 0 spiro atoms. The van der Waals surface area contributed by atoms with Crippen LogP contribution in [0.3, 0.4) is 0 Å². The summed E-state index contributed by atoms with van der Waals surface area (Å²) in [6, 6.07) is 13.0. The van der Waals surface area contributed by atoms with Gasteiger partial charge in [0.1, 0.15) is 0 Å². The summed E-state index contributed by atoms with van der Waals surface area (Å²) < 4.78 is 0. The van der Waals surface area contributed by atoms with Gasteiger partial charge in [-0.05, 0) is 24.3 Å². The Morgan fingerprint density at radius 1 is 0.688 bits per heavy atom. The van der Waals surface area contributed by atoms with Crippen molar-refractivity contribution < 1.29 is 0 Å². The van der Waals surface area contributed by atoms with Gasteiger partial charge in [-0.2, -0.15) is 0 Å². The average molecular weight is 214 g/mol. The van der Waals surface area contributed by atoms with Crippen LogP contribution >= 0.6 is 0 Å². The first-order valence-electron chi connectivity index (χ1n) is 4.94. The number of anilines is 5. The van der Waals surface area contributed by atoms with Crippen molar-refractivity contribution in [3.8, 4) is 0 Å². The molecule has 0 atom stereocenters. The van der Waals surface area contributed by atoms with E-state index >= 15 is 0 Å². The standard InChI is InChI=1S/C12H14N4/c13-8-4-1-2-6-10(8)16-11-7-3-5-9(14)12(11)15/h1-7,16H,13-15H2. The maximum atomic E-state index is 5.85. The normalized spacial score (nSPS) is 10.0. The highest BCUT2D eigenvalue weighted by atomic mass is 14.9. The summed E-state index contributed by atoms with van der Waals surface area (Å²) in [7, 11) is 0. The fourth-order valence-electron chi connectivity index (χ4n) is 1.45. The fraction of sp³-hybridized carbons (Fsp3) is 0. The number of rotatable bonds is 2. The van der Waals surface area contributed by atoms with Gasteiger partial charge in [0.05, 0.1) is 28.4 Å². The Kier molecular flexibility index (Phi) is 2.55. The van der Waals surface area contributed by atoms with E-state index < -0.39 is 0 Å². The first-order chi connectivity index (χ1) is 7.68. The molecule has 4 nitrogen and oxygen atoms in total. The van der Waals surface area contributed by atoms with E-state index in [0.29, 0.717) is 17.1 Å². The van der Waals surface area contributed by atoms with E-state index in [-0.39, 0.29) is 0 Å². The zero-order chi connectivity index (χ0) is 11.5. The van der Waals surface area contributed by atoms with Crippen LogP contribution in [0.15, 0.2) is 42.5 Å². The van der Waals surface area contributed by atoms with Crippen LogP contribution in [0, 0.1) is 0 Å². The molecule has 2 aromatic carbocycles. The molecule has 82 valence electrons. The van der Waals surface area contributed by atoms with Crippen LogP contribution in [-0.2, 0) is 0 Å². The van der Waals surface area contributed by atoms with Crippen LogP contribution in [0.25, 0.3) is 0 Å². The van der Waals surface area contributed by atoms with Gasteiger partial charge in [0.2, 0.25) is 0 Å². The molecule has 0 aromatic heterocycles. The molecule has 0 heterocycles. The summed E-state index contributed by atoms with van der Waals surface area (Å²) >= 11 is 0. The predicted octanol–water partition coefficient (Wildman–Crippen LogP) is 2.18. The summed E-state index contributed by atoms with van der Waals surface area (Å²) in [6.45, 7) is 0. The second kappa shape index (κ2) is 4.02. The Bertz CT molecular complexity index is 508. The van der Waals surface area contributed by atoms with Crippen LogP contribution < -0.4 is 22.5 Å². The minimum atomic E-state index is 0.533. The van der Waals surface area contributed by atoms with Crippen molar-refractivity contribution in [1.82, 2.24) is 0 Å². The SMILES string of the molecule is Nc1ccccc1Nc1cccc(N)c1N. The Morgan fingerprint density at radius 3 is 2.06 bits per heavy atom. The Labute approximate surface area is 94.1 Å². The average Bonchev–Trinajstić information content (AvgIpc) is 2.28. The smallest absolute Gasteiger partial charge is 0.0786 e. The molecule has 0 fully saturated rings. The third-order valence-electron chi connectivity index (χ3n) is 2.37. The van der Waals surface area contributed by atoms with E-state index in [1.165, 1.54) is 0 Å². The largest absolute Gasteiger partial charge is 0.397 e. The van der Waals surface area contributed by atoms with Gasteiger partial charge in [-0.1, -0.05) is 18.2 Å². The molecule has 0 amide bonds. The van der Waals surface area contributed by atoms with E-state index in [0.717, 1.165) is 11.4 Å². The molecular formula is C12H14N4. The molecule has 0 aliphatic heterocycles. The zero-order valence-electron chi connectivity index (χ0n) is 8.77. The molecule has 0 aliphatic carbocycles. The van der Waals surface area contributed by atoms with Crippen LogP contribution in [0.1, 0.15) is 0 Å². The highest BCUT2D eigenvalue weighted by Gasteiger charge is 2.03. The molecule has 0 saturated carbocycles. The molecule has 16 heavy (non-hydrogen) atoms. The Morgan fingerprint density at radius 2 is 1.31 bits per heavy atom. The van der Waals surface area contributed by atoms with Crippen molar-refractivity contribution in [2.24, 2.45) is 0 Å². The van der Waals surface area contributed by atoms with Gasteiger partial charge in [-0.3, -0.25) is 0 Å². The highest BCUT2D eigenvalue weighted by Crippen LogP contribution is 2.29. The lowest BCUT2D eigenvalue weighted by atomic mass is 10.2. The molecule has 0 bridgehead atoms. The van der Waals surface area contributed by atoms with Gasteiger partial charge in [0.25, 0.3) is 0 Å². The number of para-hydroxylation sites is 3. The lowest BCUT2D eigenvalue weighted by Crippen LogP contribution is -2.01. The molecule has 4 heteroatoms. The monoisotopic (exact) mass is 214 g/mol. The van der Waals surface area contributed by atoms with E-state index in [1.54, 1.807) is 6.07 Å². The number of benzene rings is 2. The molecular weight excluding hydrogens is 200 g/mol. The van der Waals surface area contributed by atoms with Crippen molar-refractivity contribution in [3.63, 3.8) is 0 Å². The third-order valence-corrected chi connectivity index (χ3v) is 2.37. The third kappa shape index (κ3) is 1.86. The Hall–Kier alpha value is -2.36. The summed E-state index contributed by atoms with van der Waals surface area (Å²) in [5, 5.41) is 3.15. The van der Waals surface area contributed by atoms with Gasteiger partial charge in [-0.15, -0.1) is 0 Å².